The van der Waals surface area contributed by atoms with Crippen LogP contribution >= 0.6 is 0 Å². The van der Waals surface area contributed by atoms with Crippen molar-refractivity contribution in [1.82, 2.24) is 0 Å². The Bertz CT molecular complexity index is 912. The lowest BCUT2D eigenvalue weighted by atomic mass is 9.97. The second kappa shape index (κ2) is 10.7. The molecule has 0 unspecified atom stereocenters. The van der Waals surface area contributed by atoms with Crippen LogP contribution in [0, 0.1) is 0 Å². The average Bonchev–Trinajstić information content (AvgIpc) is 2.77. The first kappa shape index (κ1) is 22.4. The maximum Gasteiger partial charge on any atom is 0.189 e. The number of carbonyl (C=O) groups excluding carboxylic acids is 1. The van der Waals surface area contributed by atoms with Gasteiger partial charge in [-0.3, -0.25) is 4.79 Å². The van der Waals surface area contributed by atoms with Crippen LogP contribution in [0.1, 0.15) is 25.0 Å². The van der Waals surface area contributed by atoms with E-state index < -0.39 is 0 Å². The number of rotatable bonds is 8. The number of carbonyl (C=O) groups is 1. The molecule has 2 aromatic rings. The molecule has 0 saturated carbocycles. The number of Topliss-reactive ketones (excluding diaryl/α,β-unsaturated/α-hetero) is 1. The highest BCUT2D eigenvalue weighted by atomic mass is 16.5. The molecular weight excluding hydrogens is 396 g/mol. The Kier molecular flexibility index (Phi) is 7.73. The second-order valence-electron chi connectivity index (χ2n) is 6.85. The number of ether oxygens (including phenoxy) is 5. The van der Waals surface area contributed by atoms with Gasteiger partial charge >= 0.3 is 0 Å². The lowest BCUT2D eigenvalue weighted by Gasteiger charge is -2.18. The van der Waals surface area contributed by atoms with Crippen LogP contribution in [-0.2, 0) is 9.53 Å². The van der Waals surface area contributed by atoms with Gasteiger partial charge in [-0.05, 0) is 61.4 Å². The molecule has 6 nitrogen and oxygen atoms in total. The third-order valence-electron chi connectivity index (χ3n) is 4.76. The van der Waals surface area contributed by atoms with Crippen molar-refractivity contribution >= 4 is 17.9 Å². The van der Waals surface area contributed by atoms with Crippen LogP contribution in [0.25, 0.3) is 12.2 Å². The molecule has 0 aliphatic carbocycles. The van der Waals surface area contributed by atoms with E-state index in [1.807, 2.05) is 62.4 Å². The van der Waals surface area contributed by atoms with Gasteiger partial charge in [-0.1, -0.05) is 12.1 Å². The molecular formula is C25H28O6. The van der Waals surface area contributed by atoms with Gasteiger partial charge in [0.1, 0.15) is 0 Å². The minimum atomic E-state index is -0.0335. The zero-order valence-electron chi connectivity index (χ0n) is 18.4. The van der Waals surface area contributed by atoms with Crippen molar-refractivity contribution < 1.29 is 28.5 Å². The summed E-state index contributed by atoms with van der Waals surface area (Å²) in [5.41, 5.74) is 2.87. The first-order valence-corrected chi connectivity index (χ1v) is 10.2. The van der Waals surface area contributed by atoms with E-state index in [4.69, 9.17) is 23.7 Å². The SMILES string of the molecule is CCOc1cc(/C=C2\COC/C(=C\c3ccc(OC)c(OCC)c3)C2=O)ccc1OC. The van der Waals surface area contributed by atoms with Gasteiger partial charge in [0, 0.05) is 11.1 Å². The van der Waals surface area contributed by atoms with E-state index in [2.05, 4.69) is 0 Å². The first-order chi connectivity index (χ1) is 15.1. The molecule has 0 spiro atoms. The highest BCUT2D eigenvalue weighted by Gasteiger charge is 2.21. The summed E-state index contributed by atoms with van der Waals surface area (Å²) in [7, 11) is 3.20. The minimum absolute atomic E-state index is 0.0335. The Morgan fingerprint density at radius 1 is 0.774 bits per heavy atom. The van der Waals surface area contributed by atoms with Gasteiger partial charge in [0.15, 0.2) is 28.8 Å². The second-order valence-corrected chi connectivity index (χ2v) is 6.85. The summed E-state index contributed by atoms with van der Waals surface area (Å²) in [5, 5.41) is 0. The van der Waals surface area contributed by atoms with E-state index in [1.165, 1.54) is 0 Å². The fourth-order valence-corrected chi connectivity index (χ4v) is 3.33. The highest BCUT2D eigenvalue weighted by Crippen LogP contribution is 2.31. The van der Waals surface area contributed by atoms with Crippen molar-refractivity contribution in [2.75, 3.05) is 40.6 Å². The average molecular weight is 424 g/mol. The van der Waals surface area contributed by atoms with E-state index in [9.17, 15) is 4.79 Å². The molecule has 1 aliphatic rings. The molecule has 164 valence electrons. The summed E-state index contributed by atoms with van der Waals surface area (Å²) in [6, 6.07) is 11.1. The molecule has 2 aromatic carbocycles. The van der Waals surface area contributed by atoms with Gasteiger partial charge in [0.05, 0.1) is 40.6 Å². The number of hydrogen-bond acceptors (Lipinski definition) is 6. The minimum Gasteiger partial charge on any atom is -0.493 e. The van der Waals surface area contributed by atoms with Crippen molar-refractivity contribution in [1.29, 1.82) is 0 Å². The van der Waals surface area contributed by atoms with E-state index >= 15 is 0 Å². The van der Waals surface area contributed by atoms with Crippen molar-refractivity contribution in [2.24, 2.45) is 0 Å². The zero-order valence-corrected chi connectivity index (χ0v) is 18.4. The predicted octanol–water partition coefficient (Wildman–Crippen LogP) is 4.57. The molecule has 31 heavy (non-hydrogen) atoms. The Morgan fingerprint density at radius 2 is 1.23 bits per heavy atom. The van der Waals surface area contributed by atoms with Crippen LogP contribution in [0.5, 0.6) is 23.0 Å². The van der Waals surface area contributed by atoms with E-state index in [-0.39, 0.29) is 19.0 Å². The Labute approximate surface area is 183 Å². The maximum atomic E-state index is 13.1. The van der Waals surface area contributed by atoms with Crippen LogP contribution in [-0.4, -0.2) is 46.4 Å². The normalized spacial score (nSPS) is 16.5. The molecule has 1 fully saturated rings. The molecule has 3 rings (SSSR count). The summed E-state index contributed by atoms with van der Waals surface area (Å²) in [6.07, 6.45) is 3.66. The Hall–Kier alpha value is -3.25. The van der Waals surface area contributed by atoms with E-state index in [1.54, 1.807) is 14.2 Å². The number of ketones is 1. The van der Waals surface area contributed by atoms with Gasteiger partial charge in [-0.25, -0.2) is 0 Å². The van der Waals surface area contributed by atoms with Crippen LogP contribution in [0.4, 0.5) is 0 Å². The highest BCUT2D eigenvalue weighted by molar-refractivity contribution is 6.14. The maximum absolute atomic E-state index is 13.1. The molecule has 0 radical (unpaired) electrons. The third kappa shape index (κ3) is 5.47. The van der Waals surface area contributed by atoms with Crippen molar-refractivity contribution in [3.8, 4) is 23.0 Å². The van der Waals surface area contributed by atoms with Gasteiger partial charge in [-0.15, -0.1) is 0 Å². The van der Waals surface area contributed by atoms with E-state index in [0.717, 1.165) is 11.1 Å². The van der Waals surface area contributed by atoms with Crippen LogP contribution < -0.4 is 18.9 Å². The van der Waals surface area contributed by atoms with Crippen LogP contribution in [0.2, 0.25) is 0 Å². The fourth-order valence-electron chi connectivity index (χ4n) is 3.33. The van der Waals surface area contributed by atoms with Gasteiger partial charge in [-0.2, -0.15) is 0 Å². The summed E-state index contributed by atoms with van der Waals surface area (Å²) < 4.78 is 27.6. The van der Waals surface area contributed by atoms with Gasteiger partial charge in [0.25, 0.3) is 0 Å². The Balaban J connectivity index is 1.88. The first-order valence-electron chi connectivity index (χ1n) is 10.2. The lowest BCUT2D eigenvalue weighted by molar-refractivity contribution is -0.114. The molecule has 0 aromatic heterocycles. The van der Waals surface area contributed by atoms with Gasteiger partial charge in [0.2, 0.25) is 0 Å². The quantitative estimate of drug-likeness (QED) is 0.579. The monoisotopic (exact) mass is 424 g/mol. The zero-order chi connectivity index (χ0) is 22.2. The number of benzene rings is 2. The number of methoxy groups -OCH3 is 2. The molecule has 0 atom stereocenters. The largest absolute Gasteiger partial charge is 0.493 e. The smallest absolute Gasteiger partial charge is 0.189 e. The third-order valence-corrected chi connectivity index (χ3v) is 4.76. The van der Waals surface area contributed by atoms with Crippen LogP contribution in [0.15, 0.2) is 47.5 Å². The molecule has 6 heteroatoms. The van der Waals surface area contributed by atoms with Crippen molar-refractivity contribution in [2.45, 2.75) is 13.8 Å². The molecule has 0 N–H and O–H groups in total. The predicted molar refractivity (Wildman–Crippen MR) is 120 cm³/mol. The number of hydrogen-bond donors (Lipinski definition) is 0. The lowest BCUT2D eigenvalue weighted by Crippen LogP contribution is -2.21. The van der Waals surface area contributed by atoms with Crippen molar-refractivity contribution in [3.05, 3.63) is 58.7 Å². The summed E-state index contributed by atoms with van der Waals surface area (Å²) in [4.78, 5) is 13.1. The van der Waals surface area contributed by atoms with Crippen molar-refractivity contribution in [3.63, 3.8) is 0 Å². The fraction of sp³-hybridized carbons (Fsp3) is 0.320. The molecule has 1 saturated heterocycles. The summed E-state index contributed by atoms with van der Waals surface area (Å²) >= 11 is 0. The molecule has 1 heterocycles. The van der Waals surface area contributed by atoms with Gasteiger partial charge < -0.3 is 23.7 Å². The summed E-state index contributed by atoms with van der Waals surface area (Å²) in [6.45, 7) is 5.40. The Morgan fingerprint density at radius 3 is 1.61 bits per heavy atom. The molecule has 0 amide bonds. The van der Waals surface area contributed by atoms with E-state index in [0.29, 0.717) is 47.4 Å². The standard InChI is InChI=1S/C25H28O6/c1-5-30-23-13-17(7-9-21(23)27-3)11-19-15-29-16-20(25(19)26)12-18-8-10-22(28-4)24(14-18)31-6-2/h7-14H,5-6,15-16H2,1-4H3/b19-11+,20-12+. The molecule has 1 aliphatic heterocycles. The topological polar surface area (TPSA) is 63.2 Å². The van der Waals surface area contributed by atoms with Crippen LogP contribution in [0.3, 0.4) is 0 Å². The summed E-state index contributed by atoms with van der Waals surface area (Å²) in [5.74, 6) is 2.55. The molecule has 0 bridgehead atoms.